The van der Waals surface area contributed by atoms with Crippen molar-refractivity contribution in [1.82, 2.24) is 0 Å². The van der Waals surface area contributed by atoms with E-state index in [1.165, 1.54) is 0 Å². The summed E-state index contributed by atoms with van der Waals surface area (Å²) in [6.45, 7) is 0. The molecule has 0 spiro atoms. The van der Waals surface area contributed by atoms with Crippen LogP contribution in [0.25, 0.3) is 0 Å². The minimum absolute atomic E-state index is 0. The molecule has 0 fully saturated rings. The molecule has 0 aromatic carbocycles. The smallest absolute Gasteiger partial charge is 0.328 e. The van der Waals surface area contributed by atoms with E-state index in [1.807, 2.05) is 0 Å². The minimum atomic E-state index is -1.26. The maximum Gasteiger partial charge on any atom is 0.328 e. The van der Waals surface area contributed by atoms with E-state index in [4.69, 9.17) is 10.2 Å². The third kappa shape index (κ3) is 11.1. The summed E-state index contributed by atoms with van der Waals surface area (Å²) in [6.07, 6.45) is 1.12. The van der Waals surface area contributed by atoms with Gasteiger partial charge in [-0.15, -0.1) is 0 Å². The first kappa shape index (κ1) is 11.2. The van der Waals surface area contributed by atoms with E-state index in [0.717, 1.165) is 0 Å². The second kappa shape index (κ2) is 5.48. The first-order chi connectivity index (χ1) is 3.63. The standard InChI is InChI=1S/C4H4O4.Pd/c5-3(6)1-2-4(7)8;/h1-2H,(H,5,6)(H,7,8);/b2-1-;. The van der Waals surface area contributed by atoms with Gasteiger partial charge < -0.3 is 10.2 Å². The Morgan fingerprint density at radius 1 is 1.00 bits per heavy atom. The van der Waals surface area contributed by atoms with E-state index in [9.17, 15) is 9.59 Å². The van der Waals surface area contributed by atoms with Crippen LogP contribution in [0, 0.1) is 0 Å². The summed E-state index contributed by atoms with van der Waals surface area (Å²) >= 11 is 0. The molecule has 54 valence electrons. The molecule has 0 aromatic heterocycles. The minimum Gasteiger partial charge on any atom is -0.478 e. The van der Waals surface area contributed by atoms with Crippen molar-refractivity contribution in [3.8, 4) is 0 Å². The maximum atomic E-state index is 9.55. The predicted molar refractivity (Wildman–Crippen MR) is 24.4 cm³/mol. The van der Waals surface area contributed by atoms with Crippen LogP contribution in [0.2, 0.25) is 0 Å². The summed E-state index contributed by atoms with van der Waals surface area (Å²) in [5, 5.41) is 15.6. The normalized spacial score (nSPS) is 8.44. The van der Waals surface area contributed by atoms with E-state index in [2.05, 4.69) is 0 Å². The largest absolute Gasteiger partial charge is 0.478 e. The number of rotatable bonds is 2. The molecule has 0 aliphatic carbocycles. The average molecular weight is 222 g/mol. The zero-order valence-electron chi connectivity index (χ0n) is 4.18. The molecule has 0 aliphatic heterocycles. The summed E-state index contributed by atoms with van der Waals surface area (Å²) in [5.74, 6) is -2.51. The van der Waals surface area contributed by atoms with Crippen molar-refractivity contribution in [2.45, 2.75) is 0 Å². The number of aliphatic carboxylic acids is 2. The molecule has 0 rings (SSSR count). The van der Waals surface area contributed by atoms with Crippen molar-refractivity contribution < 1.29 is 40.2 Å². The van der Waals surface area contributed by atoms with Gasteiger partial charge in [0.1, 0.15) is 0 Å². The fraction of sp³-hybridized carbons (Fsp3) is 0. The fourth-order valence-electron chi connectivity index (χ4n) is 0.143. The van der Waals surface area contributed by atoms with Crippen molar-refractivity contribution in [2.24, 2.45) is 0 Å². The summed E-state index contributed by atoms with van der Waals surface area (Å²) in [7, 11) is 0. The maximum absolute atomic E-state index is 9.55. The van der Waals surface area contributed by atoms with Crippen LogP contribution in [-0.2, 0) is 30.0 Å². The molecular formula is C4H4O4Pd. The van der Waals surface area contributed by atoms with Crippen molar-refractivity contribution in [2.75, 3.05) is 0 Å². The quantitative estimate of drug-likeness (QED) is 0.497. The number of carboxylic acid groups (broad SMARTS) is 2. The van der Waals surface area contributed by atoms with Gasteiger partial charge >= 0.3 is 11.9 Å². The van der Waals surface area contributed by atoms with E-state index in [1.54, 1.807) is 0 Å². The Morgan fingerprint density at radius 2 is 1.22 bits per heavy atom. The molecule has 0 amide bonds. The Balaban J connectivity index is 0. The van der Waals surface area contributed by atoms with Crippen molar-refractivity contribution in [1.29, 1.82) is 0 Å². The average Bonchev–Trinajstić information content (AvgIpc) is 1.61. The molecule has 0 heterocycles. The van der Waals surface area contributed by atoms with Crippen LogP contribution in [0.1, 0.15) is 0 Å². The van der Waals surface area contributed by atoms with Gasteiger partial charge in [-0.25, -0.2) is 9.59 Å². The fourth-order valence-corrected chi connectivity index (χ4v) is 0.143. The van der Waals surface area contributed by atoms with Crippen LogP contribution in [0.5, 0.6) is 0 Å². The monoisotopic (exact) mass is 222 g/mol. The number of hydrogen-bond donors (Lipinski definition) is 2. The SMILES string of the molecule is O=C(O)/C=C\C(=O)O.[Pd]. The van der Waals surface area contributed by atoms with Gasteiger partial charge in [0.25, 0.3) is 0 Å². The van der Waals surface area contributed by atoms with Crippen LogP contribution in [0.15, 0.2) is 12.2 Å². The van der Waals surface area contributed by atoms with Crippen LogP contribution in [0.3, 0.4) is 0 Å². The van der Waals surface area contributed by atoms with E-state index in [0.29, 0.717) is 12.2 Å². The van der Waals surface area contributed by atoms with E-state index in [-0.39, 0.29) is 20.4 Å². The molecule has 0 radical (unpaired) electrons. The molecular weight excluding hydrogens is 218 g/mol. The third-order valence-electron chi connectivity index (χ3n) is 0.368. The summed E-state index contributed by atoms with van der Waals surface area (Å²) in [6, 6.07) is 0. The molecule has 0 saturated heterocycles. The first-order valence-electron chi connectivity index (χ1n) is 1.77. The molecule has 4 nitrogen and oxygen atoms in total. The molecule has 0 aliphatic rings. The molecule has 0 aromatic rings. The van der Waals surface area contributed by atoms with Crippen molar-refractivity contribution >= 4 is 11.9 Å². The van der Waals surface area contributed by atoms with Gasteiger partial charge in [-0.05, 0) is 0 Å². The molecule has 0 saturated carbocycles. The van der Waals surface area contributed by atoms with E-state index < -0.39 is 11.9 Å². The molecule has 0 bridgehead atoms. The van der Waals surface area contributed by atoms with Crippen LogP contribution in [0.4, 0.5) is 0 Å². The molecule has 0 atom stereocenters. The van der Waals surface area contributed by atoms with Gasteiger partial charge in [-0.3, -0.25) is 0 Å². The Hall–Kier alpha value is -0.658. The molecule has 2 N–H and O–H groups in total. The summed E-state index contributed by atoms with van der Waals surface area (Å²) in [4.78, 5) is 19.1. The first-order valence-corrected chi connectivity index (χ1v) is 1.77. The van der Waals surface area contributed by atoms with Crippen molar-refractivity contribution in [3.63, 3.8) is 0 Å². The van der Waals surface area contributed by atoms with E-state index >= 15 is 0 Å². The van der Waals surface area contributed by atoms with Gasteiger partial charge in [-0.2, -0.15) is 0 Å². The number of carbonyl (C=O) groups is 2. The van der Waals surface area contributed by atoms with Crippen LogP contribution in [-0.4, -0.2) is 22.2 Å². The Kier molecular flexibility index (Phi) is 6.81. The Morgan fingerprint density at radius 3 is 1.33 bits per heavy atom. The Labute approximate surface area is 64.8 Å². The van der Waals surface area contributed by atoms with Crippen LogP contribution >= 0.6 is 0 Å². The molecule has 0 unspecified atom stereocenters. The van der Waals surface area contributed by atoms with Crippen molar-refractivity contribution in [3.05, 3.63) is 12.2 Å². The number of carboxylic acids is 2. The topological polar surface area (TPSA) is 74.6 Å². The summed E-state index contributed by atoms with van der Waals surface area (Å²) < 4.78 is 0. The summed E-state index contributed by atoms with van der Waals surface area (Å²) in [5.41, 5.74) is 0. The zero-order valence-corrected chi connectivity index (χ0v) is 5.74. The Bertz CT molecular complexity index is 124. The second-order valence-electron chi connectivity index (χ2n) is 1.01. The second-order valence-corrected chi connectivity index (χ2v) is 1.01. The molecule has 5 heteroatoms. The zero-order chi connectivity index (χ0) is 6.57. The molecule has 9 heavy (non-hydrogen) atoms. The van der Waals surface area contributed by atoms with Crippen LogP contribution < -0.4 is 0 Å². The van der Waals surface area contributed by atoms with Gasteiger partial charge in [-0.1, -0.05) is 0 Å². The van der Waals surface area contributed by atoms with Gasteiger partial charge in [0.15, 0.2) is 0 Å². The van der Waals surface area contributed by atoms with Gasteiger partial charge in [0, 0.05) is 32.6 Å². The van der Waals surface area contributed by atoms with Gasteiger partial charge in [0.2, 0.25) is 0 Å². The predicted octanol–water partition coefficient (Wildman–Crippen LogP) is -0.291. The number of hydrogen-bond acceptors (Lipinski definition) is 2. The van der Waals surface area contributed by atoms with Gasteiger partial charge in [0.05, 0.1) is 0 Å². The third-order valence-corrected chi connectivity index (χ3v) is 0.368.